The first-order chi connectivity index (χ1) is 8.93. The van der Waals surface area contributed by atoms with Crippen LogP contribution in [0.5, 0.6) is 0 Å². The fraction of sp³-hybridized carbons (Fsp3) is 0.533. The van der Waals surface area contributed by atoms with E-state index in [0.29, 0.717) is 19.6 Å². The lowest BCUT2D eigenvalue weighted by atomic mass is 9.95. The second kappa shape index (κ2) is 7.51. The number of esters is 1. The molecule has 1 aromatic carbocycles. The molecule has 106 valence electrons. The van der Waals surface area contributed by atoms with Crippen molar-refractivity contribution < 1.29 is 9.53 Å². The van der Waals surface area contributed by atoms with Gasteiger partial charge in [0, 0.05) is 17.1 Å². The molecule has 19 heavy (non-hydrogen) atoms. The highest BCUT2D eigenvalue weighted by molar-refractivity contribution is 6.30. The number of carbonyl (C=O) groups excluding carboxylic acids is 1. The molecule has 1 rings (SSSR count). The monoisotopic (exact) mass is 283 g/mol. The van der Waals surface area contributed by atoms with Crippen LogP contribution in [0.3, 0.4) is 0 Å². The predicted molar refractivity (Wildman–Crippen MR) is 78.5 cm³/mol. The normalized spacial score (nSPS) is 11.4. The molecule has 1 aromatic rings. The van der Waals surface area contributed by atoms with Crippen LogP contribution in [0.2, 0.25) is 5.02 Å². The number of halogens is 1. The van der Waals surface area contributed by atoms with E-state index in [1.165, 1.54) is 5.56 Å². The summed E-state index contributed by atoms with van der Waals surface area (Å²) in [6.07, 6.45) is 1.28. The van der Waals surface area contributed by atoms with Crippen molar-refractivity contribution in [2.45, 2.75) is 39.2 Å². The Balaban J connectivity index is 2.39. The molecule has 0 bridgehead atoms. The van der Waals surface area contributed by atoms with Gasteiger partial charge in [-0.15, -0.1) is 0 Å². The second-order valence-electron chi connectivity index (χ2n) is 5.17. The number of benzene rings is 1. The Morgan fingerprint density at radius 1 is 1.32 bits per heavy atom. The molecule has 0 saturated heterocycles. The number of ether oxygens (including phenoxy) is 1. The van der Waals surface area contributed by atoms with Crippen LogP contribution in [0, 0.1) is 0 Å². The molecule has 0 saturated carbocycles. The Bertz CT molecular complexity index is 401. The first kappa shape index (κ1) is 16.0. The van der Waals surface area contributed by atoms with Gasteiger partial charge in [-0.25, -0.2) is 0 Å². The maximum atomic E-state index is 11.2. The number of carbonyl (C=O) groups is 1. The average molecular weight is 284 g/mol. The fourth-order valence-electron chi connectivity index (χ4n) is 1.91. The number of hydrogen-bond donors (Lipinski definition) is 1. The molecule has 1 N–H and O–H groups in total. The third-order valence-corrected chi connectivity index (χ3v) is 3.05. The Kier molecular flexibility index (Phi) is 6.32. The maximum absolute atomic E-state index is 11.2. The van der Waals surface area contributed by atoms with Crippen LogP contribution in [0.1, 0.15) is 32.8 Å². The van der Waals surface area contributed by atoms with Gasteiger partial charge in [-0.3, -0.25) is 4.79 Å². The van der Waals surface area contributed by atoms with Crippen LogP contribution < -0.4 is 5.32 Å². The molecular formula is C15H22ClNO2. The minimum atomic E-state index is -0.155. The molecule has 0 aliphatic rings. The van der Waals surface area contributed by atoms with Gasteiger partial charge in [0.2, 0.25) is 0 Å². The third-order valence-electron chi connectivity index (χ3n) is 2.80. The summed E-state index contributed by atoms with van der Waals surface area (Å²) in [5.74, 6) is -0.155. The second-order valence-corrected chi connectivity index (χ2v) is 5.61. The summed E-state index contributed by atoms with van der Waals surface area (Å²) in [6, 6.07) is 7.84. The molecule has 0 aliphatic heterocycles. The summed E-state index contributed by atoms with van der Waals surface area (Å²) >= 11 is 5.86. The first-order valence-corrected chi connectivity index (χ1v) is 6.96. The Morgan fingerprint density at radius 3 is 2.53 bits per heavy atom. The average Bonchev–Trinajstić information content (AvgIpc) is 2.32. The van der Waals surface area contributed by atoms with Gasteiger partial charge in [0.1, 0.15) is 0 Å². The zero-order chi connectivity index (χ0) is 14.3. The van der Waals surface area contributed by atoms with E-state index in [-0.39, 0.29) is 11.5 Å². The fourth-order valence-corrected chi connectivity index (χ4v) is 2.04. The maximum Gasteiger partial charge on any atom is 0.307 e. The molecular weight excluding hydrogens is 262 g/mol. The highest BCUT2D eigenvalue weighted by Gasteiger charge is 2.18. The van der Waals surface area contributed by atoms with E-state index >= 15 is 0 Å². The summed E-state index contributed by atoms with van der Waals surface area (Å²) in [5.41, 5.74) is 1.15. The van der Waals surface area contributed by atoms with Crippen molar-refractivity contribution in [1.82, 2.24) is 5.32 Å². The van der Waals surface area contributed by atoms with E-state index < -0.39 is 0 Å². The quantitative estimate of drug-likeness (QED) is 0.781. The molecule has 0 aromatic heterocycles. The molecule has 4 heteroatoms. The van der Waals surface area contributed by atoms with Gasteiger partial charge >= 0.3 is 5.97 Å². The SMILES string of the molecule is CCOC(=O)CCNC(C)(C)Cc1ccc(Cl)cc1. The molecule has 0 radical (unpaired) electrons. The third kappa shape index (κ3) is 6.60. The van der Waals surface area contributed by atoms with E-state index in [1.54, 1.807) is 0 Å². The molecule has 0 spiro atoms. The van der Waals surface area contributed by atoms with Gasteiger partial charge < -0.3 is 10.1 Å². The predicted octanol–water partition coefficient (Wildman–Crippen LogP) is 3.20. The van der Waals surface area contributed by atoms with Crippen molar-refractivity contribution in [2.75, 3.05) is 13.2 Å². The van der Waals surface area contributed by atoms with E-state index in [4.69, 9.17) is 16.3 Å². The molecule has 0 fully saturated rings. The van der Waals surface area contributed by atoms with E-state index in [1.807, 2.05) is 31.2 Å². The molecule has 0 aliphatic carbocycles. The zero-order valence-electron chi connectivity index (χ0n) is 11.8. The number of nitrogens with one attached hydrogen (secondary N) is 1. The van der Waals surface area contributed by atoms with Crippen molar-refractivity contribution in [2.24, 2.45) is 0 Å². The summed E-state index contributed by atoms with van der Waals surface area (Å²) in [5, 5.41) is 4.12. The molecule has 0 atom stereocenters. The lowest BCUT2D eigenvalue weighted by Crippen LogP contribution is -2.42. The van der Waals surface area contributed by atoms with Crippen molar-refractivity contribution in [3.8, 4) is 0 Å². The summed E-state index contributed by atoms with van der Waals surface area (Å²) in [7, 11) is 0. The number of rotatable bonds is 7. The molecule has 3 nitrogen and oxygen atoms in total. The van der Waals surface area contributed by atoms with Gasteiger partial charge in [-0.05, 0) is 44.9 Å². The van der Waals surface area contributed by atoms with E-state index in [9.17, 15) is 4.79 Å². The summed E-state index contributed by atoms with van der Waals surface area (Å²) < 4.78 is 4.89. The molecule has 0 unspecified atom stereocenters. The Morgan fingerprint density at radius 2 is 1.95 bits per heavy atom. The highest BCUT2D eigenvalue weighted by Crippen LogP contribution is 2.15. The lowest BCUT2D eigenvalue weighted by molar-refractivity contribution is -0.143. The van der Waals surface area contributed by atoms with Crippen molar-refractivity contribution in [1.29, 1.82) is 0 Å². The highest BCUT2D eigenvalue weighted by atomic mass is 35.5. The summed E-state index contributed by atoms with van der Waals surface area (Å²) in [4.78, 5) is 11.2. The Labute approximate surface area is 120 Å². The van der Waals surface area contributed by atoms with Gasteiger partial charge in [0.25, 0.3) is 0 Å². The van der Waals surface area contributed by atoms with Crippen LogP contribution in [-0.4, -0.2) is 24.7 Å². The van der Waals surface area contributed by atoms with E-state index in [0.717, 1.165) is 11.4 Å². The van der Waals surface area contributed by atoms with E-state index in [2.05, 4.69) is 19.2 Å². The standard InChI is InChI=1S/C15H22ClNO2/c1-4-19-14(18)9-10-17-15(2,3)11-12-5-7-13(16)8-6-12/h5-8,17H,4,9-11H2,1-3H3. The van der Waals surface area contributed by atoms with Crippen LogP contribution in [0.4, 0.5) is 0 Å². The Hall–Kier alpha value is -1.06. The number of hydrogen-bond acceptors (Lipinski definition) is 3. The van der Waals surface area contributed by atoms with Crippen LogP contribution in [-0.2, 0) is 16.0 Å². The summed E-state index contributed by atoms with van der Waals surface area (Å²) in [6.45, 7) is 7.11. The van der Waals surface area contributed by atoms with Crippen LogP contribution in [0.15, 0.2) is 24.3 Å². The van der Waals surface area contributed by atoms with Gasteiger partial charge in [-0.1, -0.05) is 23.7 Å². The van der Waals surface area contributed by atoms with Gasteiger partial charge in [0.05, 0.1) is 13.0 Å². The van der Waals surface area contributed by atoms with Gasteiger partial charge in [0.15, 0.2) is 0 Å². The smallest absolute Gasteiger partial charge is 0.307 e. The topological polar surface area (TPSA) is 38.3 Å². The van der Waals surface area contributed by atoms with Crippen molar-refractivity contribution >= 4 is 17.6 Å². The largest absolute Gasteiger partial charge is 0.466 e. The van der Waals surface area contributed by atoms with Crippen LogP contribution >= 0.6 is 11.6 Å². The molecule has 0 amide bonds. The molecule has 0 heterocycles. The first-order valence-electron chi connectivity index (χ1n) is 6.58. The lowest BCUT2D eigenvalue weighted by Gasteiger charge is -2.26. The minimum Gasteiger partial charge on any atom is -0.466 e. The van der Waals surface area contributed by atoms with Crippen molar-refractivity contribution in [3.63, 3.8) is 0 Å². The van der Waals surface area contributed by atoms with Crippen LogP contribution in [0.25, 0.3) is 0 Å². The zero-order valence-corrected chi connectivity index (χ0v) is 12.6. The minimum absolute atomic E-state index is 0.0691. The van der Waals surface area contributed by atoms with Crippen molar-refractivity contribution in [3.05, 3.63) is 34.9 Å². The van der Waals surface area contributed by atoms with Gasteiger partial charge in [-0.2, -0.15) is 0 Å².